The number of carbonyl (C=O) groups is 1. The van der Waals surface area contributed by atoms with Gasteiger partial charge in [0.2, 0.25) is 0 Å². The van der Waals surface area contributed by atoms with E-state index in [2.05, 4.69) is 31.8 Å². The van der Waals surface area contributed by atoms with Gasteiger partial charge >= 0.3 is 0 Å². The van der Waals surface area contributed by atoms with Gasteiger partial charge in [-0.1, -0.05) is 19.4 Å². The van der Waals surface area contributed by atoms with E-state index in [-0.39, 0.29) is 0 Å². The van der Waals surface area contributed by atoms with Crippen LogP contribution < -0.4 is 5.11 Å². The molecule has 0 aromatic rings. The number of hydrogen-bond donors (Lipinski definition) is 2. The van der Waals surface area contributed by atoms with Gasteiger partial charge in [0, 0.05) is 0 Å². The van der Waals surface area contributed by atoms with E-state index in [1.165, 1.54) is 25.7 Å². The van der Waals surface area contributed by atoms with Crippen LogP contribution in [0.3, 0.4) is 0 Å². The van der Waals surface area contributed by atoms with Gasteiger partial charge in [0.15, 0.2) is 0 Å². The van der Waals surface area contributed by atoms with Gasteiger partial charge < -0.3 is 9.90 Å². The molecule has 0 radical (unpaired) electrons. The molecule has 0 fully saturated rings. The van der Waals surface area contributed by atoms with Crippen molar-refractivity contribution < 1.29 is 9.90 Å². The minimum absolute atomic E-state index is 0.722. The number of carbonyl (C=O) groups excluding carboxylic acids is 1. The van der Waals surface area contributed by atoms with Crippen molar-refractivity contribution in [2.45, 2.75) is 25.7 Å². The fourth-order valence-electron chi connectivity index (χ4n) is 0.577. The van der Waals surface area contributed by atoms with Crippen molar-refractivity contribution in [3.63, 3.8) is 0 Å². The summed E-state index contributed by atoms with van der Waals surface area (Å²) >= 11 is 8.21. The average molecular weight is 221 g/mol. The third-order valence-electron chi connectivity index (χ3n) is 1.23. The van der Waals surface area contributed by atoms with Crippen LogP contribution in [0.5, 0.6) is 0 Å². The van der Waals surface area contributed by atoms with E-state index in [0.717, 1.165) is 17.6 Å². The molecule has 0 aliphatic heterocycles. The van der Waals surface area contributed by atoms with E-state index < -0.39 is 5.97 Å². The van der Waals surface area contributed by atoms with Gasteiger partial charge in [0.1, 0.15) is 0 Å². The van der Waals surface area contributed by atoms with Crippen molar-refractivity contribution >= 4 is 31.2 Å². The van der Waals surface area contributed by atoms with Crippen LogP contribution in [0.2, 0.25) is 0 Å². The topological polar surface area (TPSA) is 40.1 Å². The Morgan fingerprint density at radius 3 is 1.62 bits per heavy atom. The first-order valence-corrected chi connectivity index (χ1v) is 5.50. The summed E-state index contributed by atoms with van der Waals surface area (Å²) in [6, 6.07) is 0. The Labute approximate surface area is 91.2 Å². The molecule has 0 aromatic carbocycles. The van der Waals surface area contributed by atoms with Crippen molar-refractivity contribution in [3.05, 3.63) is 12.7 Å². The molecule has 0 N–H and O–H groups in total. The smallest absolute Gasteiger partial charge is 0.0636 e. The van der Waals surface area contributed by atoms with Crippen LogP contribution in [0.4, 0.5) is 0 Å². The molecule has 0 amide bonds. The van der Waals surface area contributed by atoms with Crippen molar-refractivity contribution in [1.29, 1.82) is 0 Å². The first-order valence-electron chi connectivity index (χ1n) is 4.24. The van der Waals surface area contributed by atoms with Crippen LogP contribution in [-0.2, 0) is 4.79 Å². The summed E-state index contributed by atoms with van der Waals surface area (Å²) in [6.45, 7) is 2.90. The maximum absolute atomic E-state index is 9.14. The molecule has 13 heavy (non-hydrogen) atoms. The SMILES string of the molecule is C=CC(=O)[O-].SCCCCCCS. The van der Waals surface area contributed by atoms with E-state index in [4.69, 9.17) is 9.90 Å². The normalized spacial score (nSPS) is 8.46. The number of aliphatic carboxylic acids is 1. The number of hydrogen-bond acceptors (Lipinski definition) is 4. The minimum atomic E-state index is -1.23. The lowest BCUT2D eigenvalue weighted by Crippen LogP contribution is -2.17. The number of thiol groups is 2. The first kappa shape index (κ1) is 15.4. The van der Waals surface area contributed by atoms with E-state index in [1.807, 2.05) is 0 Å². The molecule has 0 atom stereocenters. The van der Waals surface area contributed by atoms with Gasteiger partial charge in [0.25, 0.3) is 0 Å². The number of carboxylic acids is 1. The van der Waals surface area contributed by atoms with E-state index in [0.29, 0.717) is 0 Å². The molecule has 4 heteroatoms. The monoisotopic (exact) mass is 221 g/mol. The molecule has 0 aliphatic carbocycles. The zero-order valence-electron chi connectivity index (χ0n) is 7.74. The molecule has 0 spiro atoms. The Bertz CT molecular complexity index is 121. The molecular weight excluding hydrogens is 204 g/mol. The van der Waals surface area contributed by atoms with Crippen molar-refractivity contribution in [2.75, 3.05) is 11.5 Å². The zero-order chi connectivity index (χ0) is 10.5. The summed E-state index contributed by atoms with van der Waals surface area (Å²) in [4.78, 5) is 9.14. The maximum atomic E-state index is 9.14. The van der Waals surface area contributed by atoms with Gasteiger partial charge in [-0.25, -0.2) is 0 Å². The molecule has 78 valence electrons. The van der Waals surface area contributed by atoms with Crippen LogP contribution in [0.15, 0.2) is 12.7 Å². The standard InChI is InChI=1S/C6H14S2.C3H4O2/c7-5-3-1-2-4-6-8;1-2-3(4)5/h7-8H,1-6H2;2H,1H2,(H,4,5)/p-1. The lowest BCUT2D eigenvalue weighted by Gasteiger charge is -1.93. The van der Waals surface area contributed by atoms with E-state index >= 15 is 0 Å². The molecule has 0 saturated heterocycles. The molecule has 0 rings (SSSR count). The predicted octanol–water partition coefficient (Wildman–Crippen LogP) is 1.33. The van der Waals surface area contributed by atoms with E-state index in [9.17, 15) is 0 Å². The Kier molecular flexibility index (Phi) is 17.1. The molecule has 2 nitrogen and oxygen atoms in total. The molecule has 0 bridgehead atoms. The Hall–Kier alpha value is -0.0900. The number of unbranched alkanes of at least 4 members (excludes halogenated alkanes) is 3. The second-order valence-corrected chi connectivity index (χ2v) is 3.28. The summed E-state index contributed by atoms with van der Waals surface area (Å²) in [5, 5.41) is 9.14. The minimum Gasteiger partial charge on any atom is -0.545 e. The second-order valence-electron chi connectivity index (χ2n) is 2.38. The quantitative estimate of drug-likeness (QED) is 0.403. The van der Waals surface area contributed by atoms with Gasteiger partial charge in [-0.2, -0.15) is 25.3 Å². The van der Waals surface area contributed by atoms with Gasteiger partial charge in [0.05, 0.1) is 5.97 Å². The highest BCUT2D eigenvalue weighted by molar-refractivity contribution is 7.80. The number of carboxylic acid groups (broad SMARTS) is 1. The van der Waals surface area contributed by atoms with Crippen molar-refractivity contribution in [3.8, 4) is 0 Å². The Balaban J connectivity index is 0. The Morgan fingerprint density at radius 2 is 1.46 bits per heavy atom. The van der Waals surface area contributed by atoms with Crippen molar-refractivity contribution in [2.24, 2.45) is 0 Å². The fourth-order valence-corrected chi connectivity index (χ4v) is 1.02. The Morgan fingerprint density at radius 1 is 1.15 bits per heavy atom. The third-order valence-corrected chi connectivity index (χ3v) is 1.87. The molecule has 0 unspecified atom stereocenters. The van der Waals surface area contributed by atoms with Crippen LogP contribution in [-0.4, -0.2) is 17.5 Å². The lowest BCUT2D eigenvalue weighted by atomic mass is 10.2. The molecule has 0 aromatic heterocycles. The van der Waals surface area contributed by atoms with Crippen LogP contribution in [0.25, 0.3) is 0 Å². The molecule has 0 saturated carbocycles. The van der Waals surface area contributed by atoms with Crippen molar-refractivity contribution in [1.82, 2.24) is 0 Å². The molecule has 0 aliphatic rings. The van der Waals surface area contributed by atoms with Gasteiger partial charge in [-0.15, -0.1) is 0 Å². The highest BCUT2D eigenvalue weighted by Gasteiger charge is 1.84. The first-order chi connectivity index (χ1) is 6.18. The summed E-state index contributed by atoms with van der Waals surface area (Å²) in [5.74, 6) is 0.837. The highest BCUT2D eigenvalue weighted by atomic mass is 32.1. The zero-order valence-corrected chi connectivity index (χ0v) is 9.53. The summed E-state index contributed by atoms with van der Waals surface area (Å²) in [7, 11) is 0. The van der Waals surface area contributed by atoms with Gasteiger partial charge in [-0.05, 0) is 30.4 Å². The predicted molar refractivity (Wildman–Crippen MR) is 61.4 cm³/mol. The summed E-state index contributed by atoms with van der Waals surface area (Å²) in [5.41, 5.74) is 0. The second kappa shape index (κ2) is 14.4. The lowest BCUT2D eigenvalue weighted by molar-refractivity contribution is -0.297. The van der Waals surface area contributed by atoms with Crippen LogP contribution >= 0.6 is 25.3 Å². The van der Waals surface area contributed by atoms with E-state index in [1.54, 1.807) is 0 Å². The molecular formula is C9H17O2S2-. The average Bonchev–Trinajstić information content (AvgIpc) is 2.14. The summed E-state index contributed by atoms with van der Waals surface area (Å²) in [6.07, 6.45) is 5.89. The summed E-state index contributed by atoms with van der Waals surface area (Å²) < 4.78 is 0. The third kappa shape index (κ3) is 24.5. The molecule has 0 heterocycles. The highest BCUT2D eigenvalue weighted by Crippen LogP contribution is 2.00. The largest absolute Gasteiger partial charge is 0.545 e. The van der Waals surface area contributed by atoms with Crippen LogP contribution in [0.1, 0.15) is 25.7 Å². The fraction of sp³-hybridized carbons (Fsp3) is 0.667. The van der Waals surface area contributed by atoms with Gasteiger partial charge in [-0.3, -0.25) is 0 Å². The maximum Gasteiger partial charge on any atom is 0.0636 e. The van der Waals surface area contributed by atoms with Crippen LogP contribution in [0, 0.1) is 0 Å². The number of rotatable bonds is 6.